The van der Waals surface area contributed by atoms with Gasteiger partial charge < -0.3 is 15.0 Å². The maximum Gasteiger partial charge on any atom is 0.337 e. The van der Waals surface area contributed by atoms with Crippen LogP contribution in [-0.4, -0.2) is 43.2 Å². The van der Waals surface area contributed by atoms with Crippen molar-refractivity contribution in [2.45, 2.75) is 43.8 Å². The first-order valence-electron chi connectivity index (χ1n) is 7.45. The predicted molar refractivity (Wildman–Crippen MR) is 84.0 cm³/mol. The maximum absolute atomic E-state index is 11.6. The van der Waals surface area contributed by atoms with E-state index in [1.807, 2.05) is 0 Å². The zero-order valence-electron chi connectivity index (χ0n) is 12.4. The number of carbonyl (C=O) groups is 1. The van der Waals surface area contributed by atoms with Crippen LogP contribution in [0.2, 0.25) is 5.02 Å². The zero-order valence-corrected chi connectivity index (χ0v) is 13.2. The summed E-state index contributed by atoms with van der Waals surface area (Å²) in [6.45, 7) is 0. The summed E-state index contributed by atoms with van der Waals surface area (Å²) in [5.74, 6) is -0.335. The van der Waals surface area contributed by atoms with Gasteiger partial charge in [0.1, 0.15) is 0 Å². The Kier molecular flexibility index (Phi) is 4.09. The van der Waals surface area contributed by atoms with Crippen molar-refractivity contribution in [1.82, 2.24) is 4.90 Å². The number of piperidine rings is 1. The van der Waals surface area contributed by atoms with Gasteiger partial charge >= 0.3 is 5.97 Å². The topological polar surface area (TPSA) is 41.6 Å². The van der Waals surface area contributed by atoms with Crippen molar-refractivity contribution < 1.29 is 9.53 Å². The summed E-state index contributed by atoms with van der Waals surface area (Å²) in [5.41, 5.74) is 1.36. The van der Waals surface area contributed by atoms with E-state index in [1.165, 1.54) is 20.0 Å². The third kappa shape index (κ3) is 2.87. The third-order valence-electron chi connectivity index (χ3n) is 4.85. The van der Waals surface area contributed by atoms with Crippen molar-refractivity contribution >= 4 is 23.3 Å². The minimum absolute atomic E-state index is 0.335. The highest BCUT2D eigenvalue weighted by atomic mass is 35.5. The lowest BCUT2D eigenvalue weighted by molar-refractivity contribution is 0.0601. The van der Waals surface area contributed by atoms with Gasteiger partial charge in [0, 0.05) is 18.1 Å². The highest BCUT2D eigenvalue weighted by molar-refractivity contribution is 6.33. The van der Waals surface area contributed by atoms with Gasteiger partial charge in [-0.25, -0.2) is 4.79 Å². The third-order valence-corrected chi connectivity index (χ3v) is 5.17. The number of ether oxygens (including phenoxy) is 1. The summed E-state index contributed by atoms with van der Waals surface area (Å²) in [6.07, 6.45) is 4.84. The van der Waals surface area contributed by atoms with Crippen LogP contribution in [0.5, 0.6) is 0 Å². The van der Waals surface area contributed by atoms with Gasteiger partial charge in [-0.1, -0.05) is 11.6 Å². The number of carbonyl (C=O) groups excluding carboxylic acids is 1. The lowest BCUT2D eigenvalue weighted by Crippen LogP contribution is -2.44. The molecule has 2 heterocycles. The van der Waals surface area contributed by atoms with Gasteiger partial charge in [0.15, 0.2) is 0 Å². The quantitative estimate of drug-likeness (QED) is 0.871. The molecule has 0 amide bonds. The van der Waals surface area contributed by atoms with Crippen LogP contribution in [0, 0.1) is 0 Å². The molecule has 2 bridgehead atoms. The Morgan fingerprint density at radius 2 is 2.00 bits per heavy atom. The van der Waals surface area contributed by atoms with Crippen LogP contribution in [-0.2, 0) is 4.74 Å². The number of fused-ring (bicyclic) bond motifs is 2. The van der Waals surface area contributed by atoms with Crippen LogP contribution in [0.4, 0.5) is 5.69 Å². The lowest BCUT2D eigenvalue weighted by Gasteiger charge is -2.37. The molecule has 2 atom stereocenters. The maximum atomic E-state index is 11.6. The summed E-state index contributed by atoms with van der Waals surface area (Å²) < 4.78 is 4.76. The Morgan fingerprint density at radius 3 is 2.62 bits per heavy atom. The lowest BCUT2D eigenvalue weighted by atomic mass is 9.97. The van der Waals surface area contributed by atoms with Crippen LogP contribution in [0.25, 0.3) is 0 Å². The Hall–Kier alpha value is -1.26. The number of rotatable bonds is 3. The van der Waals surface area contributed by atoms with Crippen LogP contribution in [0.15, 0.2) is 18.2 Å². The minimum Gasteiger partial charge on any atom is -0.465 e. The van der Waals surface area contributed by atoms with E-state index in [9.17, 15) is 4.79 Å². The largest absolute Gasteiger partial charge is 0.465 e. The molecule has 1 aromatic rings. The fraction of sp³-hybridized carbons (Fsp3) is 0.562. The van der Waals surface area contributed by atoms with E-state index < -0.39 is 0 Å². The van der Waals surface area contributed by atoms with Gasteiger partial charge in [-0.05, 0) is 50.9 Å². The smallest absolute Gasteiger partial charge is 0.337 e. The van der Waals surface area contributed by atoms with Crippen molar-refractivity contribution in [3.05, 3.63) is 28.8 Å². The molecule has 21 heavy (non-hydrogen) atoms. The van der Waals surface area contributed by atoms with Crippen molar-refractivity contribution in [2.24, 2.45) is 0 Å². The van der Waals surface area contributed by atoms with Crippen molar-refractivity contribution in [3.63, 3.8) is 0 Å². The van der Waals surface area contributed by atoms with Crippen molar-refractivity contribution in [3.8, 4) is 0 Å². The van der Waals surface area contributed by atoms with Crippen molar-refractivity contribution in [1.29, 1.82) is 0 Å². The van der Waals surface area contributed by atoms with E-state index in [0.29, 0.717) is 28.7 Å². The molecule has 114 valence electrons. The van der Waals surface area contributed by atoms with E-state index in [4.69, 9.17) is 16.3 Å². The SMILES string of the molecule is COC(=O)c1ccc(Cl)c(NC2CC3CCC(C2)N3C)c1. The van der Waals surface area contributed by atoms with E-state index >= 15 is 0 Å². The minimum atomic E-state index is -0.335. The molecule has 0 aliphatic carbocycles. The number of nitrogens with one attached hydrogen (secondary N) is 1. The number of hydrogen-bond donors (Lipinski definition) is 1. The number of hydrogen-bond acceptors (Lipinski definition) is 4. The predicted octanol–water partition coefficient (Wildman–Crippen LogP) is 3.16. The Balaban J connectivity index is 1.74. The van der Waals surface area contributed by atoms with E-state index in [-0.39, 0.29) is 5.97 Å². The van der Waals surface area contributed by atoms with Gasteiger partial charge in [0.25, 0.3) is 0 Å². The average Bonchev–Trinajstić information content (AvgIpc) is 2.71. The molecule has 0 spiro atoms. The standard InChI is InChI=1S/C16H21ClN2O2/c1-19-12-4-5-13(19)9-11(8-12)18-15-7-10(16(20)21-2)3-6-14(15)17/h3,6-7,11-13,18H,4-5,8-9H2,1-2H3. The Morgan fingerprint density at radius 1 is 1.33 bits per heavy atom. The summed E-state index contributed by atoms with van der Waals surface area (Å²) in [5, 5.41) is 4.17. The van der Waals surface area contributed by atoms with E-state index in [2.05, 4.69) is 17.3 Å². The molecule has 1 aromatic carbocycles. The van der Waals surface area contributed by atoms with Crippen LogP contribution >= 0.6 is 11.6 Å². The monoisotopic (exact) mass is 308 g/mol. The summed E-state index contributed by atoms with van der Waals surface area (Å²) in [4.78, 5) is 14.1. The second-order valence-corrected chi connectivity index (χ2v) is 6.46. The molecule has 4 nitrogen and oxygen atoms in total. The van der Waals surface area contributed by atoms with Gasteiger partial charge in [-0.15, -0.1) is 0 Å². The molecule has 2 aliphatic rings. The first-order chi connectivity index (χ1) is 10.1. The molecule has 0 saturated carbocycles. The molecule has 2 saturated heterocycles. The summed E-state index contributed by atoms with van der Waals surface area (Å²) in [7, 11) is 3.61. The van der Waals surface area contributed by atoms with Gasteiger partial charge in [0.2, 0.25) is 0 Å². The molecule has 2 unspecified atom stereocenters. The molecule has 0 aromatic heterocycles. The summed E-state index contributed by atoms with van der Waals surface area (Å²) >= 11 is 6.26. The average molecular weight is 309 g/mol. The van der Waals surface area contributed by atoms with Gasteiger partial charge in [-0.3, -0.25) is 0 Å². The number of benzene rings is 1. The molecular weight excluding hydrogens is 288 g/mol. The number of esters is 1. The van der Waals surface area contributed by atoms with Crippen LogP contribution in [0.1, 0.15) is 36.0 Å². The van der Waals surface area contributed by atoms with Crippen LogP contribution < -0.4 is 5.32 Å². The highest BCUT2D eigenvalue weighted by Crippen LogP contribution is 2.36. The fourth-order valence-corrected chi connectivity index (χ4v) is 3.80. The normalized spacial score (nSPS) is 28.4. The molecular formula is C16H21ClN2O2. The number of methoxy groups -OCH3 is 1. The first kappa shape index (κ1) is 14.7. The molecule has 1 N–H and O–H groups in total. The molecule has 0 radical (unpaired) electrons. The Labute approximate surface area is 130 Å². The van der Waals surface area contributed by atoms with E-state index in [1.54, 1.807) is 18.2 Å². The van der Waals surface area contributed by atoms with Gasteiger partial charge in [-0.2, -0.15) is 0 Å². The second-order valence-electron chi connectivity index (χ2n) is 6.05. The molecule has 2 aliphatic heterocycles. The van der Waals surface area contributed by atoms with Crippen LogP contribution in [0.3, 0.4) is 0 Å². The molecule has 3 rings (SSSR count). The van der Waals surface area contributed by atoms with Gasteiger partial charge in [0.05, 0.1) is 23.4 Å². The zero-order chi connectivity index (χ0) is 15.0. The number of halogens is 1. The number of anilines is 1. The molecule has 5 heteroatoms. The number of nitrogens with zero attached hydrogens (tertiary/aromatic N) is 1. The first-order valence-corrected chi connectivity index (χ1v) is 7.82. The highest BCUT2D eigenvalue weighted by Gasteiger charge is 2.38. The van der Waals surface area contributed by atoms with Crippen molar-refractivity contribution in [2.75, 3.05) is 19.5 Å². The van der Waals surface area contributed by atoms with E-state index in [0.717, 1.165) is 18.5 Å². The summed E-state index contributed by atoms with van der Waals surface area (Å²) in [6, 6.07) is 6.99. The molecule has 2 fully saturated rings. The Bertz CT molecular complexity index is 535. The fourth-order valence-electron chi connectivity index (χ4n) is 3.63. The second kappa shape index (κ2) is 5.85.